The third-order valence-electron chi connectivity index (χ3n) is 4.40. The number of thioether (sulfide) groups is 1. The maximum atomic E-state index is 12.3. The highest BCUT2D eigenvalue weighted by molar-refractivity contribution is 7.99. The summed E-state index contributed by atoms with van der Waals surface area (Å²) in [6.45, 7) is 6.01. The lowest BCUT2D eigenvalue weighted by atomic mass is 10.0. The summed E-state index contributed by atoms with van der Waals surface area (Å²) in [6.07, 6.45) is 9.75. The Morgan fingerprint density at radius 3 is 2.56 bits per heavy atom. The number of alkyl carbamates (subject to hydrolysis) is 1. The van der Waals surface area contributed by atoms with Gasteiger partial charge < -0.3 is 10.1 Å². The van der Waals surface area contributed by atoms with Crippen LogP contribution in [0.25, 0.3) is 0 Å². The Kier molecular flexibility index (Phi) is 8.61. The monoisotopic (exact) mass is 392 g/mol. The van der Waals surface area contributed by atoms with E-state index in [4.69, 9.17) is 4.74 Å². The Morgan fingerprint density at radius 2 is 1.93 bits per heavy atom. The maximum Gasteiger partial charge on any atom is 0.407 e. The van der Waals surface area contributed by atoms with E-state index in [1.807, 2.05) is 44.7 Å². The average Bonchev–Trinajstić information content (AvgIpc) is 2.61. The van der Waals surface area contributed by atoms with Crippen molar-refractivity contribution in [2.75, 3.05) is 6.54 Å². The summed E-state index contributed by atoms with van der Waals surface area (Å²) >= 11 is 1.84. The molecule has 27 heavy (non-hydrogen) atoms. The van der Waals surface area contributed by atoms with Gasteiger partial charge in [-0.1, -0.05) is 19.3 Å². The SMILES string of the molecule is CC(C)(C)OC(=O)NCCCCC(=O)c1ccc(SC2CCCCC2)nc1. The van der Waals surface area contributed by atoms with Gasteiger partial charge in [0.25, 0.3) is 0 Å². The number of ketones is 1. The molecule has 0 atom stereocenters. The third-order valence-corrected chi connectivity index (χ3v) is 5.68. The summed E-state index contributed by atoms with van der Waals surface area (Å²) in [7, 11) is 0. The van der Waals surface area contributed by atoms with Crippen LogP contribution >= 0.6 is 11.8 Å². The van der Waals surface area contributed by atoms with Crippen molar-refractivity contribution in [2.24, 2.45) is 0 Å². The molecule has 2 rings (SSSR count). The molecule has 0 spiro atoms. The number of unbranched alkanes of at least 4 members (excludes halogenated alkanes) is 1. The molecule has 5 nitrogen and oxygen atoms in total. The van der Waals surface area contributed by atoms with Gasteiger partial charge in [-0.3, -0.25) is 4.79 Å². The Labute approximate surface area is 167 Å². The molecule has 1 heterocycles. The number of carbonyl (C=O) groups excluding carboxylic acids is 2. The molecule has 150 valence electrons. The molecule has 0 saturated heterocycles. The van der Waals surface area contributed by atoms with Crippen molar-refractivity contribution in [2.45, 2.75) is 88.0 Å². The number of nitrogens with one attached hydrogen (secondary N) is 1. The standard InChI is InChI=1S/C21H32N2O3S/c1-21(2,3)26-20(25)22-14-8-7-11-18(24)16-12-13-19(23-15-16)27-17-9-5-4-6-10-17/h12-13,15,17H,4-11,14H2,1-3H3,(H,22,25). The highest BCUT2D eigenvalue weighted by Gasteiger charge is 2.16. The lowest BCUT2D eigenvalue weighted by Gasteiger charge is -2.20. The van der Waals surface area contributed by atoms with Crippen LogP contribution < -0.4 is 5.32 Å². The van der Waals surface area contributed by atoms with Crippen LogP contribution in [0.1, 0.15) is 82.5 Å². The zero-order chi connectivity index (χ0) is 19.7. The predicted octanol–water partition coefficient (Wildman–Crippen LogP) is 5.38. The van der Waals surface area contributed by atoms with Crippen molar-refractivity contribution < 1.29 is 14.3 Å². The van der Waals surface area contributed by atoms with Crippen LogP contribution in [0.5, 0.6) is 0 Å². The number of nitrogens with zero attached hydrogens (tertiary/aromatic N) is 1. The van der Waals surface area contributed by atoms with Crippen LogP contribution in [0.3, 0.4) is 0 Å². The second kappa shape index (κ2) is 10.7. The van der Waals surface area contributed by atoms with Crippen LogP contribution in [-0.2, 0) is 4.74 Å². The van der Waals surface area contributed by atoms with Crippen molar-refractivity contribution in [3.05, 3.63) is 23.9 Å². The minimum absolute atomic E-state index is 0.106. The predicted molar refractivity (Wildman–Crippen MR) is 109 cm³/mol. The summed E-state index contributed by atoms with van der Waals surface area (Å²) in [6, 6.07) is 3.86. The number of carbonyl (C=O) groups is 2. The molecule has 0 unspecified atom stereocenters. The van der Waals surface area contributed by atoms with Crippen LogP contribution in [0, 0.1) is 0 Å². The average molecular weight is 393 g/mol. The molecule has 0 bridgehead atoms. The van der Waals surface area contributed by atoms with E-state index in [0.29, 0.717) is 23.8 Å². The van der Waals surface area contributed by atoms with Gasteiger partial charge in [0.05, 0.1) is 5.03 Å². The molecule has 1 aliphatic carbocycles. The van der Waals surface area contributed by atoms with Crippen LogP contribution in [-0.4, -0.2) is 34.3 Å². The highest BCUT2D eigenvalue weighted by atomic mass is 32.2. The number of aromatic nitrogens is 1. The van der Waals surface area contributed by atoms with Crippen molar-refractivity contribution in [1.29, 1.82) is 0 Å². The first kappa shape index (κ1) is 21.7. The van der Waals surface area contributed by atoms with E-state index in [2.05, 4.69) is 10.3 Å². The van der Waals surface area contributed by atoms with E-state index in [1.54, 1.807) is 6.20 Å². The molecule has 0 aliphatic heterocycles. The van der Waals surface area contributed by atoms with E-state index in [0.717, 1.165) is 17.9 Å². The van der Waals surface area contributed by atoms with E-state index >= 15 is 0 Å². The van der Waals surface area contributed by atoms with Crippen molar-refractivity contribution in [3.8, 4) is 0 Å². The lowest BCUT2D eigenvalue weighted by molar-refractivity contribution is 0.0527. The van der Waals surface area contributed by atoms with Crippen molar-refractivity contribution >= 4 is 23.6 Å². The minimum Gasteiger partial charge on any atom is -0.444 e. The molecular formula is C21H32N2O3S. The molecule has 1 aliphatic rings. The van der Waals surface area contributed by atoms with Gasteiger partial charge in [0.1, 0.15) is 5.60 Å². The van der Waals surface area contributed by atoms with Gasteiger partial charge in [-0.25, -0.2) is 9.78 Å². The molecule has 1 N–H and O–H groups in total. The minimum atomic E-state index is -0.492. The van der Waals surface area contributed by atoms with Gasteiger partial charge in [-0.15, -0.1) is 11.8 Å². The van der Waals surface area contributed by atoms with E-state index in [9.17, 15) is 9.59 Å². The quantitative estimate of drug-likeness (QED) is 0.475. The highest BCUT2D eigenvalue weighted by Crippen LogP contribution is 2.32. The second-order valence-corrected chi connectivity index (χ2v) is 9.39. The topological polar surface area (TPSA) is 68.3 Å². The van der Waals surface area contributed by atoms with Gasteiger partial charge in [0.2, 0.25) is 0 Å². The fourth-order valence-electron chi connectivity index (χ4n) is 3.03. The van der Waals surface area contributed by atoms with Gasteiger partial charge in [0.15, 0.2) is 5.78 Å². The van der Waals surface area contributed by atoms with Gasteiger partial charge in [-0.05, 0) is 58.6 Å². The first-order valence-electron chi connectivity index (χ1n) is 9.96. The van der Waals surface area contributed by atoms with Crippen LogP contribution in [0.4, 0.5) is 4.79 Å². The fourth-order valence-corrected chi connectivity index (χ4v) is 4.20. The number of hydrogen-bond acceptors (Lipinski definition) is 5. The molecule has 1 saturated carbocycles. The summed E-state index contributed by atoms with van der Waals surface area (Å²) in [5, 5.41) is 4.40. The van der Waals surface area contributed by atoms with Crippen molar-refractivity contribution in [1.82, 2.24) is 10.3 Å². The van der Waals surface area contributed by atoms with Crippen molar-refractivity contribution in [3.63, 3.8) is 0 Å². The maximum absolute atomic E-state index is 12.3. The van der Waals surface area contributed by atoms with E-state index < -0.39 is 11.7 Å². The molecule has 0 aromatic carbocycles. The largest absolute Gasteiger partial charge is 0.444 e. The smallest absolute Gasteiger partial charge is 0.407 e. The van der Waals surface area contributed by atoms with Gasteiger partial charge in [-0.2, -0.15) is 0 Å². The number of ether oxygens (including phenoxy) is 1. The Balaban J connectivity index is 1.64. The van der Waals surface area contributed by atoms with E-state index in [-0.39, 0.29) is 5.78 Å². The van der Waals surface area contributed by atoms with Gasteiger partial charge in [0, 0.05) is 30.0 Å². The molecule has 0 radical (unpaired) electrons. The normalized spacial score (nSPS) is 15.4. The Bertz CT molecular complexity index is 605. The number of rotatable bonds is 8. The summed E-state index contributed by atoms with van der Waals surface area (Å²) in [5.41, 5.74) is 0.178. The summed E-state index contributed by atoms with van der Waals surface area (Å²) in [5.74, 6) is 0.106. The summed E-state index contributed by atoms with van der Waals surface area (Å²) < 4.78 is 5.17. The van der Waals surface area contributed by atoms with E-state index in [1.165, 1.54) is 32.1 Å². The molecular weight excluding hydrogens is 360 g/mol. The molecule has 1 fully saturated rings. The third kappa shape index (κ3) is 8.78. The molecule has 1 aromatic heterocycles. The first-order chi connectivity index (χ1) is 12.8. The molecule has 6 heteroatoms. The second-order valence-electron chi connectivity index (χ2n) is 8.07. The number of hydrogen-bond donors (Lipinski definition) is 1. The van der Waals surface area contributed by atoms with Gasteiger partial charge >= 0.3 is 6.09 Å². The summed E-state index contributed by atoms with van der Waals surface area (Å²) in [4.78, 5) is 28.3. The number of Topliss-reactive ketones (excluding diaryl/α,β-unsaturated/α-hetero) is 1. The van der Waals surface area contributed by atoms with Crippen LogP contribution in [0.15, 0.2) is 23.4 Å². The number of amides is 1. The molecule has 1 amide bonds. The first-order valence-corrected chi connectivity index (χ1v) is 10.8. The Morgan fingerprint density at radius 1 is 1.19 bits per heavy atom. The fraction of sp³-hybridized carbons (Fsp3) is 0.667. The lowest BCUT2D eigenvalue weighted by Crippen LogP contribution is -2.33. The zero-order valence-electron chi connectivity index (χ0n) is 16.8. The zero-order valence-corrected chi connectivity index (χ0v) is 17.6. The molecule has 1 aromatic rings. The number of pyridine rings is 1. The Hall–Kier alpha value is -1.56. The van der Waals surface area contributed by atoms with Crippen LogP contribution in [0.2, 0.25) is 0 Å².